The maximum absolute atomic E-state index is 14.0. The number of thioether (sulfide) groups is 1. The van der Waals surface area contributed by atoms with Gasteiger partial charge in [0.15, 0.2) is 4.80 Å². The highest BCUT2D eigenvalue weighted by Gasteiger charge is 2.35. The van der Waals surface area contributed by atoms with Crippen molar-refractivity contribution in [2.45, 2.75) is 17.9 Å². The van der Waals surface area contributed by atoms with Crippen LogP contribution in [0.25, 0.3) is 11.8 Å². The van der Waals surface area contributed by atoms with Crippen LogP contribution in [0.3, 0.4) is 0 Å². The van der Waals surface area contributed by atoms with Crippen molar-refractivity contribution < 1.29 is 14.3 Å². The zero-order valence-electron chi connectivity index (χ0n) is 21.5. The number of thiazole rings is 1. The van der Waals surface area contributed by atoms with Crippen LogP contribution in [0.4, 0.5) is 0 Å². The summed E-state index contributed by atoms with van der Waals surface area (Å²) in [5.74, 6) is 0.210. The maximum atomic E-state index is 14.0. The summed E-state index contributed by atoms with van der Waals surface area (Å²) in [7, 11) is 1.61. The van der Waals surface area contributed by atoms with Crippen LogP contribution in [0, 0.1) is 0 Å². The topological polar surface area (TPSA) is 69.9 Å². The van der Waals surface area contributed by atoms with Gasteiger partial charge >= 0.3 is 5.97 Å². The summed E-state index contributed by atoms with van der Waals surface area (Å²) in [4.78, 5) is 34.0. The Morgan fingerprint density at radius 2 is 1.87 bits per heavy atom. The molecule has 0 fully saturated rings. The molecule has 0 N–H and O–H groups in total. The van der Waals surface area contributed by atoms with Gasteiger partial charge in [0.2, 0.25) is 0 Å². The molecule has 1 unspecified atom stereocenters. The molecule has 0 amide bonds. The number of benzene rings is 3. The average Bonchev–Trinajstić information content (AvgIpc) is 3.27. The highest BCUT2D eigenvalue weighted by Crippen LogP contribution is 2.35. The number of carbonyl (C=O) groups excluding carboxylic acids is 1. The highest BCUT2D eigenvalue weighted by atomic mass is 79.9. The smallest absolute Gasteiger partial charge is 0.338 e. The van der Waals surface area contributed by atoms with Gasteiger partial charge in [-0.05, 0) is 70.6 Å². The van der Waals surface area contributed by atoms with E-state index in [-0.39, 0.29) is 12.2 Å². The zero-order chi connectivity index (χ0) is 27.5. The van der Waals surface area contributed by atoms with Crippen LogP contribution in [-0.4, -0.2) is 30.5 Å². The number of carbonyl (C=O) groups is 1. The van der Waals surface area contributed by atoms with Crippen molar-refractivity contribution in [1.82, 2.24) is 4.57 Å². The van der Waals surface area contributed by atoms with Gasteiger partial charge in [0.25, 0.3) is 5.56 Å². The quantitative estimate of drug-likeness (QED) is 0.204. The van der Waals surface area contributed by atoms with Crippen LogP contribution >= 0.6 is 39.0 Å². The number of nitrogens with zero attached hydrogens (tertiary/aromatic N) is 2. The fourth-order valence-corrected chi connectivity index (χ4v) is 6.43. The van der Waals surface area contributed by atoms with Crippen LogP contribution in [0.2, 0.25) is 0 Å². The number of aromatic nitrogens is 1. The number of esters is 1. The van der Waals surface area contributed by atoms with Crippen molar-refractivity contribution >= 4 is 56.8 Å². The van der Waals surface area contributed by atoms with E-state index in [9.17, 15) is 9.59 Å². The van der Waals surface area contributed by atoms with Gasteiger partial charge in [-0.15, -0.1) is 11.8 Å². The number of rotatable bonds is 7. The van der Waals surface area contributed by atoms with Crippen LogP contribution < -0.4 is 19.6 Å². The van der Waals surface area contributed by atoms with Crippen molar-refractivity contribution in [1.29, 1.82) is 0 Å². The van der Waals surface area contributed by atoms with Gasteiger partial charge in [0.1, 0.15) is 5.75 Å². The summed E-state index contributed by atoms with van der Waals surface area (Å²) in [5.41, 5.74) is 3.04. The molecule has 1 aliphatic heterocycles. The summed E-state index contributed by atoms with van der Waals surface area (Å²) in [6, 6.07) is 22.4. The molecule has 4 aromatic rings. The Balaban J connectivity index is 1.79. The van der Waals surface area contributed by atoms with Crippen LogP contribution in [-0.2, 0) is 9.53 Å². The Labute approximate surface area is 242 Å². The first kappa shape index (κ1) is 27.2. The van der Waals surface area contributed by atoms with E-state index in [4.69, 9.17) is 14.5 Å². The molecule has 0 radical (unpaired) electrons. The number of fused-ring (bicyclic) bond motifs is 1. The Hall–Kier alpha value is -3.40. The van der Waals surface area contributed by atoms with Crippen LogP contribution in [0.15, 0.2) is 97.5 Å². The molecule has 0 aliphatic carbocycles. The third-order valence-corrected chi connectivity index (χ3v) is 8.63. The fraction of sp³-hybridized carbons (Fsp3) is 0.167. The number of halogens is 1. The lowest BCUT2D eigenvalue weighted by atomic mass is 9.93. The minimum absolute atomic E-state index is 0.208. The Morgan fingerprint density at radius 3 is 2.51 bits per heavy atom. The predicted molar refractivity (Wildman–Crippen MR) is 160 cm³/mol. The summed E-state index contributed by atoms with van der Waals surface area (Å²) < 4.78 is 13.8. The molecule has 9 heteroatoms. The normalized spacial score (nSPS) is 15.1. The second kappa shape index (κ2) is 11.8. The molecular formula is C30H25BrN2O4S2. The van der Waals surface area contributed by atoms with E-state index in [0.29, 0.717) is 26.4 Å². The first-order valence-corrected chi connectivity index (χ1v) is 15.0. The highest BCUT2D eigenvalue weighted by molar-refractivity contribution is 9.10. The molecule has 6 nitrogen and oxygen atoms in total. The molecule has 1 atom stereocenters. The summed E-state index contributed by atoms with van der Waals surface area (Å²) in [6.45, 7) is 1.98. The Morgan fingerprint density at radius 1 is 1.13 bits per heavy atom. The SMILES string of the molecule is CCOC(=O)C1=C(c2ccccc2)N=c2sc(=Cc3ccc(OC)c(Br)c3)c(=O)n2C1c1ccc(SC)cc1. The molecule has 5 rings (SSSR count). The van der Waals surface area contributed by atoms with Crippen LogP contribution in [0.1, 0.15) is 29.7 Å². The summed E-state index contributed by atoms with van der Waals surface area (Å²) in [6.07, 6.45) is 3.84. The van der Waals surface area contributed by atoms with Crippen molar-refractivity contribution in [3.8, 4) is 5.75 Å². The third kappa shape index (κ3) is 5.39. The molecule has 1 aliphatic rings. The zero-order valence-corrected chi connectivity index (χ0v) is 24.7. The van der Waals surface area contributed by atoms with E-state index in [2.05, 4.69) is 15.9 Å². The second-order valence-electron chi connectivity index (χ2n) is 8.60. The molecule has 1 aromatic heterocycles. The minimum atomic E-state index is -0.698. The number of hydrogen-bond donors (Lipinski definition) is 0. The van der Waals surface area contributed by atoms with E-state index < -0.39 is 12.0 Å². The monoisotopic (exact) mass is 620 g/mol. The lowest BCUT2D eigenvalue weighted by molar-refractivity contribution is -0.138. The van der Waals surface area contributed by atoms with Crippen molar-refractivity contribution in [3.05, 3.63) is 119 Å². The Bertz CT molecular complexity index is 1740. The predicted octanol–water partition coefficient (Wildman–Crippen LogP) is 5.43. The molecule has 198 valence electrons. The first-order valence-electron chi connectivity index (χ1n) is 12.2. The fourth-order valence-electron chi connectivity index (χ4n) is 4.47. The van der Waals surface area contributed by atoms with Gasteiger partial charge in [0.05, 0.1) is 40.0 Å². The number of methoxy groups -OCH3 is 1. The van der Waals surface area contributed by atoms with E-state index in [1.807, 2.05) is 85.1 Å². The molecule has 0 bridgehead atoms. The Kier molecular flexibility index (Phi) is 8.20. The molecule has 0 saturated heterocycles. The first-order chi connectivity index (χ1) is 18.9. The van der Waals surface area contributed by atoms with E-state index in [1.165, 1.54) is 11.3 Å². The van der Waals surface area contributed by atoms with Crippen molar-refractivity contribution in [2.75, 3.05) is 20.0 Å². The molecule has 0 saturated carbocycles. The lowest BCUT2D eigenvalue weighted by Gasteiger charge is -2.26. The molecule has 0 spiro atoms. The largest absolute Gasteiger partial charge is 0.496 e. The van der Waals surface area contributed by atoms with Gasteiger partial charge in [-0.25, -0.2) is 9.79 Å². The van der Waals surface area contributed by atoms with E-state index in [1.54, 1.807) is 30.4 Å². The number of hydrogen-bond acceptors (Lipinski definition) is 7. The lowest BCUT2D eigenvalue weighted by Crippen LogP contribution is -2.40. The summed E-state index contributed by atoms with van der Waals surface area (Å²) >= 11 is 6.44. The van der Waals surface area contributed by atoms with Gasteiger partial charge < -0.3 is 9.47 Å². The van der Waals surface area contributed by atoms with Crippen molar-refractivity contribution in [2.24, 2.45) is 4.99 Å². The van der Waals surface area contributed by atoms with Crippen LogP contribution in [0.5, 0.6) is 5.75 Å². The van der Waals surface area contributed by atoms with Gasteiger partial charge in [-0.2, -0.15) is 0 Å². The maximum Gasteiger partial charge on any atom is 0.338 e. The second-order valence-corrected chi connectivity index (χ2v) is 11.3. The number of ether oxygens (including phenoxy) is 2. The van der Waals surface area contributed by atoms with E-state index in [0.717, 1.165) is 26.1 Å². The molecule has 2 heterocycles. The van der Waals surface area contributed by atoms with Gasteiger partial charge in [0, 0.05) is 10.5 Å². The molecule has 39 heavy (non-hydrogen) atoms. The minimum Gasteiger partial charge on any atom is -0.496 e. The third-order valence-electron chi connectivity index (χ3n) is 6.28. The molecular weight excluding hydrogens is 596 g/mol. The van der Waals surface area contributed by atoms with E-state index >= 15 is 0 Å². The van der Waals surface area contributed by atoms with Crippen molar-refractivity contribution in [3.63, 3.8) is 0 Å². The van der Waals surface area contributed by atoms with Gasteiger partial charge in [-0.1, -0.05) is 59.9 Å². The summed E-state index contributed by atoms with van der Waals surface area (Å²) in [5, 5.41) is 0. The molecule has 3 aromatic carbocycles. The van der Waals surface area contributed by atoms with Gasteiger partial charge in [-0.3, -0.25) is 9.36 Å². The standard InChI is InChI=1S/C30H25BrN2O4S2/c1-4-37-29(35)25-26(19-8-6-5-7-9-19)32-30-33(27(25)20-11-13-21(38-3)14-12-20)28(34)24(39-30)17-18-10-15-23(36-2)22(31)16-18/h5-17,27H,4H2,1-3H3. The average molecular weight is 622 g/mol.